The van der Waals surface area contributed by atoms with E-state index in [4.69, 9.17) is 11.6 Å². The van der Waals surface area contributed by atoms with E-state index in [2.05, 4.69) is 9.97 Å². The topological polar surface area (TPSA) is 30.7 Å². The average molecular weight is 298 g/mol. The van der Waals surface area contributed by atoms with Gasteiger partial charge in [0.05, 0.1) is 5.88 Å². The molecule has 7 heteroatoms. The lowest BCUT2D eigenvalue weighted by Crippen LogP contribution is -2.06. The number of fused-ring (bicyclic) bond motifs is 1. The van der Waals surface area contributed by atoms with Crippen molar-refractivity contribution >= 4 is 22.8 Å². The number of hydrogen-bond donors (Lipinski definition) is 0. The minimum absolute atomic E-state index is 0.0629. The van der Waals surface area contributed by atoms with Crippen molar-refractivity contribution < 1.29 is 13.2 Å². The Morgan fingerprint density at radius 2 is 1.85 bits per heavy atom. The van der Waals surface area contributed by atoms with Crippen LogP contribution in [-0.2, 0) is 5.88 Å². The molecule has 0 atom stereocenters. The van der Waals surface area contributed by atoms with Gasteiger partial charge in [-0.1, -0.05) is 0 Å². The molecule has 0 aliphatic carbocycles. The first-order chi connectivity index (χ1) is 9.61. The molecule has 0 saturated carbocycles. The van der Waals surface area contributed by atoms with Crippen LogP contribution in [0.4, 0.5) is 13.2 Å². The van der Waals surface area contributed by atoms with Gasteiger partial charge in [-0.3, -0.25) is 4.57 Å². The molecule has 20 heavy (non-hydrogen) atoms. The molecule has 2 heterocycles. The lowest BCUT2D eigenvalue weighted by Gasteiger charge is -2.09. The fraction of sp³-hybridized carbons (Fsp3) is 0.0769. The van der Waals surface area contributed by atoms with E-state index in [-0.39, 0.29) is 17.4 Å². The van der Waals surface area contributed by atoms with E-state index >= 15 is 0 Å². The summed E-state index contributed by atoms with van der Waals surface area (Å²) < 4.78 is 42.0. The Balaban J connectivity index is 2.40. The third-order valence-electron chi connectivity index (χ3n) is 2.81. The van der Waals surface area contributed by atoms with Gasteiger partial charge in [0.1, 0.15) is 22.8 Å². The lowest BCUT2D eigenvalue weighted by atomic mass is 10.2. The Morgan fingerprint density at radius 3 is 2.50 bits per heavy atom. The third-order valence-corrected chi connectivity index (χ3v) is 3.05. The number of rotatable bonds is 2. The summed E-state index contributed by atoms with van der Waals surface area (Å²) in [4.78, 5) is 8.20. The van der Waals surface area contributed by atoms with Crippen LogP contribution in [0, 0.1) is 17.5 Å². The smallest absolute Gasteiger partial charge is 0.164 e. The van der Waals surface area contributed by atoms with Crippen LogP contribution < -0.4 is 0 Å². The molecule has 0 aliphatic heterocycles. The summed E-state index contributed by atoms with van der Waals surface area (Å²) in [6.07, 6.45) is 1.47. The number of pyridine rings is 1. The molecular weight excluding hydrogens is 291 g/mol. The number of halogens is 4. The molecule has 0 saturated heterocycles. The molecule has 0 unspecified atom stereocenters. The summed E-state index contributed by atoms with van der Waals surface area (Å²) in [5, 5.41) is 0. The molecule has 0 aliphatic rings. The first kappa shape index (κ1) is 12.9. The molecule has 0 amide bonds. The summed E-state index contributed by atoms with van der Waals surface area (Å²) in [6.45, 7) is 0. The lowest BCUT2D eigenvalue weighted by molar-refractivity contribution is 0.533. The second-order valence-corrected chi connectivity index (χ2v) is 4.33. The highest BCUT2D eigenvalue weighted by Crippen LogP contribution is 2.26. The highest BCUT2D eigenvalue weighted by molar-refractivity contribution is 6.16. The average Bonchev–Trinajstić information content (AvgIpc) is 2.76. The van der Waals surface area contributed by atoms with Gasteiger partial charge in [-0.2, -0.15) is 0 Å². The van der Waals surface area contributed by atoms with Gasteiger partial charge in [0.15, 0.2) is 17.3 Å². The molecule has 102 valence electrons. The molecule has 0 fully saturated rings. The summed E-state index contributed by atoms with van der Waals surface area (Å²) >= 11 is 5.76. The molecule has 0 spiro atoms. The van der Waals surface area contributed by atoms with Crippen molar-refractivity contribution in [3.63, 3.8) is 0 Å². The molecule has 3 aromatic rings. The Labute approximate surface area is 116 Å². The van der Waals surface area contributed by atoms with Crippen LogP contribution in [0.15, 0.2) is 30.5 Å². The Hall–Kier alpha value is -2.08. The fourth-order valence-electron chi connectivity index (χ4n) is 2.03. The number of aromatic nitrogens is 3. The maximum atomic E-state index is 13.9. The maximum absolute atomic E-state index is 13.9. The number of benzene rings is 1. The number of hydrogen-bond acceptors (Lipinski definition) is 2. The Kier molecular flexibility index (Phi) is 3.10. The zero-order valence-corrected chi connectivity index (χ0v) is 10.7. The summed E-state index contributed by atoms with van der Waals surface area (Å²) in [5.74, 6) is -2.91. The normalized spacial score (nSPS) is 11.2. The van der Waals surface area contributed by atoms with Crippen LogP contribution in [0.25, 0.3) is 16.9 Å². The molecule has 1 aromatic carbocycles. The van der Waals surface area contributed by atoms with Crippen LogP contribution in [0.5, 0.6) is 0 Å². The van der Waals surface area contributed by atoms with Gasteiger partial charge in [0.25, 0.3) is 0 Å². The third kappa shape index (κ3) is 1.92. The van der Waals surface area contributed by atoms with E-state index in [9.17, 15) is 13.2 Å². The highest BCUT2D eigenvalue weighted by atomic mass is 35.5. The largest absolute Gasteiger partial charge is 0.274 e. The quantitative estimate of drug-likeness (QED) is 0.677. The molecule has 0 N–H and O–H groups in total. The predicted molar refractivity (Wildman–Crippen MR) is 68.3 cm³/mol. The van der Waals surface area contributed by atoms with Crippen LogP contribution in [0.2, 0.25) is 0 Å². The molecule has 0 bridgehead atoms. The van der Waals surface area contributed by atoms with Crippen LogP contribution >= 0.6 is 11.6 Å². The van der Waals surface area contributed by atoms with Crippen molar-refractivity contribution in [1.29, 1.82) is 0 Å². The van der Waals surface area contributed by atoms with E-state index in [1.807, 2.05) is 0 Å². The molecule has 3 rings (SSSR count). The van der Waals surface area contributed by atoms with Crippen molar-refractivity contribution in [2.75, 3.05) is 0 Å². The minimum atomic E-state index is -1.04. The first-order valence-corrected chi connectivity index (χ1v) is 6.18. The van der Waals surface area contributed by atoms with Gasteiger partial charge in [0.2, 0.25) is 0 Å². The van der Waals surface area contributed by atoms with Gasteiger partial charge in [-0.25, -0.2) is 23.1 Å². The zero-order valence-electron chi connectivity index (χ0n) is 9.95. The minimum Gasteiger partial charge on any atom is -0.274 e. The van der Waals surface area contributed by atoms with Gasteiger partial charge in [-0.15, -0.1) is 11.6 Å². The summed E-state index contributed by atoms with van der Waals surface area (Å²) in [7, 11) is 0. The van der Waals surface area contributed by atoms with Crippen molar-refractivity contribution in [3.05, 3.63) is 53.7 Å². The summed E-state index contributed by atoms with van der Waals surface area (Å²) in [5.41, 5.74) is 0.266. The second kappa shape index (κ2) is 4.79. The molecule has 3 nitrogen and oxygen atoms in total. The van der Waals surface area contributed by atoms with Crippen LogP contribution in [0.3, 0.4) is 0 Å². The zero-order chi connectivity index (χ0) is 14.3. The maximum Gasteiger partial charge on any atom is 0.164 e. The predicted octanol–water partition coefficient (Wildman–Crippen LogP) is 3.58. The van der Waals surface area contributed by atoms with E-state index in [1.54, 1.807) is 12.1 Å². The van der Waals surface area contributed by atoms with Gasteiger partial charge in [0, 0.05) is 18.3 Å². The Morgan fingerprint density at radius 1 is 1.15 bits per heavy atom. The van der Waals surface area contributed by atoms with Crippen LogP contribution in [-0.4, -0.2) is 14.5 Å². The molecular formula is C13H7ClF3N3. The number of imidazole rings is 1. The monoisotopic (exact) mass is 297 g/mol. The second-order valence-electron chi connectivity index (χ2n) is 4.06. The van der Waals surface area contributed by atoms with Gasteiger partial charge < -0.3 is 0 Å². The SMILES string of the molecule is Fc1cc(F)c(-n2c(CCl)nc3cccnc32)c(F)c1. The fourth-order valence-corrected chi connectivity index (χ4v) is 2.21. The number of alkyl halides is 1. The van der Waals surface area contributed by atoms with E-state index in [1.165, 1.54) is 6.20 Å². The van der Waals surface area contributed by atoms with Crippen molar-refractivity contribution in [2.45, 2.75) is 5.88 Å². The van der Waals surface area contributed by atoms with Crippen molar-refractivity contribution in [1.82, 2.24) is 14.5 Å². The van der Waals surface area contributed by atoms with Gasteiger partial charge >= 0.3 is 0 Å². The number of nitrogens with zero attached hydrogens (tertiary/aromatic N) is 3. The Bertz CT molecular complexity index is 778. The first-order valence-electron chi connectivity index (χ1n) is 5.65. The molecule has 2 aromatic heterocycles. The van der Waals surface area contributed by atoms with E-state index in [0.29, 0.717) is 17.6 Å². The standard InChI is InChI=1S/C13H7ClF3N3/c14-6-11-19-10-2-1-3-18-13(10)20(11)12-8(16)4-7(15)5-9(12)17/h1-5H,6H2. The van der Waals surface area contributed by atoms with E-state index < -0.39 is 23.1 Å². The van der Waals surface area contributed by atoms with Crippen LogP contribution in [0.1, 0.15) is 5.82 Å². The van der Waals surface area contributed by atoms with Gasteiger partial charge in [-0.05, 0) is 12.1 Å². The van der Waals surface area contributed by atoms with E-state index in [0.717, 1.165) is 4.57 Å². The highest BCUT2D eigenvalue weighted by Gasteiger charge is 2.20. The van der Waals surface area contributed by atoms with Crippen molar-refractivity contribution in [2.24, 2.45) is 0 Å². The molecule has 0 radical (unpaired) electrons. The summed E-state index contributed by atoms with van der Waals surface area (Å²) in [6, 6.07) is 4.50. The van der Waals surface area contributed by atoms with Crippen molar-refractivity contribution in [3.8, 4) is 5.69 Å².